The molecule has 0 spiro atoms. The molecule has 1 rings (SSSR count). The zero-order valence-corrected chi connectivity index (χ0v) is 9.25. The molecule has 4 nitrogen and oxygen atoms in total. The van der Waals surface area contributed by atoms with Crippen molar-refractivity contribution >= 4 is 11.4 Å². The first-order valence-electron chi connectivity index (χ1n) is 4.94. The molecule has 0 amide bonds. The van der Waals surface area contributed by atoms with Crippen molar-refractivity contribution < 1.29 is 9.47 Å². The Morgan fingerprint density at radius 1 is 1.33 bits per heavy atom. The first-order valence-corrected chi connectivity index (χ1v) is 4.94. The summed E-state index contributed by atoms with van der Waals surface area (Å²) in [4.78, 5) is 0. The minimum Gasteiger partial charge on any atom is -0.497 e. The number of hydrogen-bond donors (Lipinski definition) is 2. The van der Waals surface area contributed by atoms with E-state index in [0.29, 0.717) is 0 Å². The van der Waals surface area contributed by atoms with Gasteiger partial charge in [-0.2, -0.15) is 0 Å². The Bertz CT molecular complexity index is 303. The quantitative estimate of drug-likeness (QED) is 0.554. The molecule has 1 aromatic carbocycles. The van der Waals surface area contributed by atoms with Crippen LogP contribution in [-0.4, -0.2) is 27.4 Å². The molecule has 0 fully saturated rings. The van der Waals surface area contributed by atoms with E-state index in [-0.39, 0.29) is 0 Å². The second-order valence-electron chi connectivity index (χ2n) is 3.23. The van der Waals surface area contributed by atoms with Crippen LogP contribution in [0.25, 0.3) is 0 Å². The standard InChI is InChI=1S/C11H18N2O2/c1-14-7-3-6-13-11-8-9(15-2)4-5-10(11)12/h4-5,8,13H,3,6-7,12H2,1-2H3. The molecule has 0 aliphatic rings. The van der Waals surface area contributed by atoms with E-state index in [2.05, 4.69) is 5.32 Å². The molecular weight excluding hydrogens is 192 g/mol. The lowest BCUT2D eigenvalue weighted by molar-refractivity contribution is 0.198. The van der Waals surface area contributed by atoms with E-state index in [4.69, 9.17) is 15.2 Å². The Hall–Kier alpha value is -1.42. The van der Waals surface area contributed by atoms with Gasteiger partial charge in [0.1, 0.15) is 5.75 Å². The monoisotopic (exact) mass is 210 g/mol. The molecule has 0 saturated heterocycles. The summed E-state index contributed by atoms with van der Waals surface area (Å²) in [6.07, 6.45) is 0.952. The molecule has 0 aliphatic heterocycles. The molecule has 0 radical (unpaired) electrons. The van der Waals surface area contributed by atoms with E-state index in [1.807, 2.05) is 18.2 Å². The SMILES string of the molecule is COCCCNc1cc(OC)ccc1N. The second kappa shape index (κ2) is 6.14. The fraction of sp³-hybridized carbons (Fsp3) is 0.455. The molecular formula is C11H18N2O2. The smallest absolute Gasteiger partial charge is 0.121 e. The van der Waals surface area contributed by atoms with E-state index in [0.717, 1.165) is 36.7 Å². The number of hydrogen-bond acceptors (Lipinski definition) is 4. The Morgan fingerprint density at radius 2 is 2.13 bits per heavy atom. The number of ether oxygens (including phenoxy) is 2. The molecule has 84 valence electrons. The van der Waals surface area contributed by atoms with E-state index in [9.17, 15) is 0 Å². The number of nitrogens with two attached hydrogens (primary N) is 1. The lowest BCUT2D eigenvalue weighted by atomic mass is 10.2. The molecule has 0 heterocycles. The van der Waals surface area contributed by atoms with Gasteiger partial charge in [0.05, 0.1) is 18.5 Å². The molecule has 0 aliphatic carbocycles. The maximum absolute atomic E-state index is 5.81. The number of nitrogens with one attached hydrogen (secondary N) is 1. The van der Waals surface area contributed by atoms with Gasteiger partial charge in [-0.1, -0.05) is 0 Å². The average molecular weight is 210 g/mol. The van der Waals surface area contributed by atoms with Crippen LogP contribution in [0.15, 0.2) is 18.2 Å². The van der Waals surface area contributed by atoms with Crippen molar-refractivity contribution in [3.8, 4) is 5.75 Å². The Kier molecular flexibility index (Phi) is 4.77. The van der Waals surface area contributed by atoms with Crippen LogP contribution in [-0.2, 0) is 4.74 Å². The third kappa shape index (κ3) is 3.67. The summed E-state index contributed by atoms with van der Waals surface area (Å²) in [7, 11) is 3.33. The van der Waals surface area contributed by atoms with Crippen LogP contribution >= 0.6 is 0 Å². The third-order valence-electron chi connectivity index (χ3n) is 2.10. The lowest BCUT2D eigenvalue weighted by Gasteiger charge is -2.10. The summed E-state index contributed by atoms with van der Waals surface area (Å²) in [6, 6.07) is 5.56. The van der Waals surface area contributed by atoms with Crippen LogP contribution in [0.2, 0.25) is 0 Å². The van der Waals surface area contributed by atoms with Crippen LogP contribution in [0.4, 0.5) is 11.4 Å². The fourth-order valence-corrected chi connectivity index (χ4v) is 1.26. The van der Waals surface area contributed by atoms with Gasteiger partial charge in [0.2, 0.25) is 0 Å². The summed E-state index contributed by atoms with van der Waals surface area (Å²) < 4.78 is 10.1. The number of methoxy groups -OCH3 is 2. The highest BCUT2D eigenvalue weighted by molar-refractivity contribution is 5.68. The highest BCUT2D eigenvalue weighted by Crippen LogP contribution is 2.24. The van der Waals surface area contributed by atoms with Crippen molar-refractivity contribution in [3.63, 3.8) is 0 Å². The molecule has 0 atom stereocenters. The molecule has 3 N–H and O–H groups in total. The predicted molar refractivity (Wildman–Crippen MR) is 62.4 cm³/mol. The van der Waals surface area contributed by atoms with Crippen molar-refractivity contribution in [1.82, 2.24) is 0 Å². The van der Waals surface area contributed by atoms with Gasteiger partial charge in [-0.05, 0) is 18.6 Å². The molecule has 0 saturated carbocycles. The number of rotatable bonds is 6. The summed E-state index contributed by atoms with van der Waals surface area (Å²) in [5.41, 5.74) is 7.45. The van der Waals surface area contributed by atoms with Crippen LogP contribution < -0.4 is 15.8 Å². The Labute approximate surface area is 90.4 Å². The van der Waals surface area contributed by atoms with Crippen LogP contribution in [0.3, 0.4) is 0 Å². The summed E-state index contributed by atoms with van der Waals surface area (Å²) in [5, 5.41) is 3.24. The van der Waals surface area contributed by atoms with E-state index in [1.54, 1.807) is 14.2 Å². The van der Waals surface area contributed by atoms with Gasteiger partial charge in [-0.15, -0.1) is 0 Å². The maximum atomic E-state index is 5.81. The molecule has 1 aromatic rings. The van der Waals surface area contributed by atoms with Gasteiger partial charge in [0, 0.05) is 26.3 Å². The van der Waals surface area contributed by atoms with Crippen molar-refractivity contribution in [3.05, 3.63) is 18.2 Å². The molecule has 4 heteroatoms. The predicted octanol–water partition coefficient (Wildman–Crippen LogP) is 1.73. The lowest BCUT2D eigenvalue weighted by Crippen LogP contribution is -2.06. The van der Waals surface area contributed by atoms with Crippen molar-refractivity contribution in [2.45, 2.75) is 6.42 Å². The average Bonchev–Trinajstić information content (AvgIpc) is 2.26. The zero-order chi connectivity index (χ0) is 11.1. The first-order chi connectivity index (χ1) is 7.27. The summed E-state index contributed by atoms with van der Waals surface area (Å²) in [6.45, 7) is 1.59. The number of benzene rings is 1. The summed E-state index contributed by atoms with van der Waals surface area (Å²) in [5.74, 6) is 0.804. The van der Waals surface area contributed by atoms with Crippen molar-refractivity contribution in [2.75, 3.05) is 38.4 Å². The van der Waals surface area contributed by atoms with Gasteiger partial charge >= 0.3 is 0 Å². The molecule has 0 unspecified atom stereocenters. The largest absolute Gasteiger partial charge is 0.497 e. The fourth-order valence-electron chi connectivity index (χ4n) is 1.26. The van der Waals surface area contributed by atoms with Gasteiger partial charge < -0.3 is 20.5 Å². The Morgan fingerprint density at radius 3 is 2.80 bits per heavy atom. The normalized spacial score (nSPS) is 10.0. The van der Waals surface area contributed by atoms with Crippen LogP contribution in [0, 0.1) is 0 Å². The van der Waals surface area contributed by atoms with Crippen LogP contribution in [0.1, 0.15) is 6.42 Å². The second-order valence-corrected chi connectivity index (χ2v) is 3.23. The maximum Gasteiger partial charge on any atom is 0.121 e. The van der Waals surface area contributed by atoms with Crippen molar-refractivity contribution in [2.24, 2.45) is 0 Å². The minimum absolute atomic E-state index is 0.730. The van der Waals surface area contributed by atoms with Gasteiger partial charge in [0.25, 0.3) is 0 Å². The van der Waals surface area contributed by atoms with Gasteiger partial charge in [0.15, 0.2) is 0 Å². The number of nitrogen functional groups attached to an aromatic ring is 1. The molecule has 0 aromatic heterocycles. The van der Waals surface area contributed by atoms with Gasteiger partial charge in [-0.3, -0.25) is 0 Å². The van der Waals surface area contributed by atoms with E-state index >= 15 is 0 Å². The van der Waals surface area contributed by atoms with E-state index < -0.39 is 0 Å². The highest BCUT2D eigenvalue weighted by Gasteiger charge is 2.00. The van der Waals surface area contributed by atoms with Crippen LogP contribution in [0.5, 0.6) is 5.75 Å². The Balaban J connectivity index is 2.51. The van der Waals surface area contributed by atoms with E-state index in [1.165, 1.54) is 0 Å². The summed E-state index contributed by atoms with van der Waals surface area (Å²) >= 11 is 0. The first kappa shape index (κ1) is 11.7. The topological polar surface area (TPSA) is 56.5 Å². The highest BCUT2D eigenvalue weighted by atomic mass is 16.5. The van der Waals surface area contributed by atoms with Crippen molar-refractivity contribution in [1.29, 1.82) is 0 Å². The number of anilines is 2. The van der Waals surface area contributed by atoms with Gasteiger partial charge in [-0.25, -0.2) is 0 Å². The molecule has 0 bridgehead atoms. The minimum atomic E-state index is 0.730. The zero-order valence-electron chi connectivity index (χ0n) is 9.25. The molecule has 15 heavy (non-hydrogen) atoms. The third-order valence-corrected chi connectivity index (χ3v) is 2.10.